The van der Waals surface area contributed by atoms with Crippen molar-refractivity contribution in [1.29, 1.82) is 0 Å². The summed E-state index contributed by atoms with van der Waals surface area (Å²) in [5.74, 6) is 0.688. The number of amides is 1. The Morgan fingerprint density at radius 3 is 2.73 bits per heavy atom. The normalized spacial score (nSPS) is 15.2. The number of nitrogens with zero attached hydrogens (tertiary/aromatic N) is 2. The number of hydrogen-bond acceptors (Lipinski definition) is 5. The van der Waals surface area contributed by atoms with Gasteiger partial charge in [-0.3, -0.25) is 9.20 Å². The Bertz CT molecular complexity index is 1100. The summed E-state index contributed by atoms with van der Waals surface area (Å²) in [6.45, 7) is 6.39. The molecule has 1 saturated carbocycles. The molecule has 1 aromatic carbocycles. The van der Waals surface area contributed by atoms with Gasteiger partial charge in [-0.15, -0.1) is 11.8 Å². The SMILES string of the molecule is COc1cc2ncc(-c3cccc(NC(=O)C4(CO)CC4)c3)n2cc1SC(C)(C)C. The molecule has 0 unspecified atom stereocenters. The van der Waals surface area contributed by atoms with Crippen molar-refractivity contribution in [2.24, 2.45) is 5.41 Å². The van der Waals surface area contributed by atoms with E-state index in [4.69, 9.17) is 4.74 Å². The van der Waals surface area contributed by atoms with Crippen molar-refractivity contribution in [3.05, 3.63) is 42.7 Å². The number of nitrogens with one attached hydrogen (secondary N) is 1. The smallest absolute Gasteiger partial charge is 0.232 e. The number of aromatic nitrogens is 2. The molecule has 1 aliphatic carbocycles. The number of hydrogen-bond donors (Lipinski definition) is 2. The molecule has 0 atom stereocenters. The average Bonchev–Trinajstić information content (AvgIpc) is 3.40. The monoisotopic (exact) mass is 425 g/mol. The van der Waals surface area contributed by atoms with Crippen LogP contribution < -0.4 is 10.1 Å². The van der Waals surface area contributed by atoms with Gasteiger partial charge in [-0.2, -0.15) is 0 Å². The second-order valence-electron chi connectivity index (χ2n) is 8.77. The minimum Gasteiger partial charge on any atom is -0.495 e. The largest absolute Gasteiger partial charge is 0.495 e. The number of aliphatic hydroxyl groups is 1. The molecule has 2 aromatic heterocycles. The van der Waals surface area contributed by atoms with Gasteiger partial charge in [-0.05, 0) is 25.0 Å². The summed E-state index contributed by atoms with van der Waals surface area (Å²) < 4.78 is 7.67. The van der Waals surface area contributed by atoms with E-state index in [1.807, 2.05) is 40.9 Å². The Labute approximate surface area is 180 Å². The van der Waals surface area contributed by atoms with Crippen LogP contribution in [0.25, 0.3) is 16.9 Å². The van der Waals surface area contributed by atoms with Crippen LogP contribution in [0.4, 0.5) is 5.69 Å². The zero-order valence-corrected chi connectivity index (χ0v) is 18.5. The van der Waals surface area contributed by atoms with Gasteiger partial charge < -0.3 is 15.2 Å². The molecule has 1 fully saturated rings. The maximum Gasteiger partial charge on any atom is 0.232 e. The highest BCUT2D eigenvalue weighted by atomic mass is 32.2. The highest BCUT2D eigenvalue weighted by Crippen LogP contribution is 2.46. The Kier molecular flexibility index (Phi) is 5.28. The average molecular weight is 426 g/mol. The Hall–Kier alpha value is -2.51. The van der Waals surface area contributed by atoms with E-state index in [0.717, 1.165) is 40.4 Å². The molecule has 1 amide bonds. The number of imidazole rings is 1. The fraction of sp³-hybridized carbons (Fsp3) is 0.391. The summed E-state index contributed by atoms with van der Waals surface area (Å²) in [7, 11) is 1.67. The van der Waals surface area contributed by atoms with E-state index in [1.54, 1.807) is 18.9 Å². The van der Waals surface area contributed by atoms with E-state index in [9.17, 15) is 9.90 Å². The first-order chi connectivity index (χ1) is 14.2. The number of fused-ring (bicyclic) bond motifs is 1. The van der Waals surface area contributed by atoms with E-state index in [2.05, 4.69) is 37.3 Å². The van der Waals surface area contributed by atoms with Crippen molar-refractivity contribution in [3.8, 4) is 17.0 Å². The van der Waals surface area contributed by atoms with Crippen LogP contribution in [-0.2, 0) is 4.79 Å². The molecule has 2 heterocycles. The van der Waals surface area contributed by atoms with E-state index in [0.29, 0.717) is 5.69 Å². The predicted octanol–water partition coefficient (Wildman–Crippen LogP) is 4.61. The number of carbonyl (C=O) groups excluding carboxylic acids is 1. The molecule has 158 valence electrons. The molecule has 0 bridgehead atoms. The van der Waals surface area contributed by atoms with Crippen molar-refractivity contribution < 1.29 is 14.6 Å². The molecule has 30 heavy (non-hydrogen) atoms. The fourth-order valence-corrected chi connectivity index (χ4v) is 4.46. The van der Waals surface area contributed by atoms with Crippen molar-refractivity contribution in [2.75, 3.05) is 19.0 Å². The van der Waals surface area contributed by atoms with Crippen LogP contribution in [0.15, 0.2) is 47.6 Å². The number of carbonyl (C=O) groups is 1. The molecule has 0 spiro atoms. The van der Waals surface area contributed by atoms with Crippen LogP contribution >= 0.6 is 11.8 Å². The number of pyridine rings is 1. The first-order valence-electron chi connectivity index (χ1n) is 10.0. The third-order valence-electron chi connectivity index (χ3n) is 5.27. The van der Waals surface area contributed by atoms with Crippen LogP contribution in [0.2, 0.25) is 0 Å². The second kappa shape index (κ2) is 7.63. The van der Waals surface area contributed by atoms with E-state index < -0.39 is 5.41 Å². The predicted molar refractivity (Wildman–Crippen MR) is 120 cm³/mol. The van der Waals surface area contributed by atoms with Gasteiger partial charge in [0.25, 0.3) is 0 Å². The molecular formula is C23H27N3O3S. The van der Waals surface area contributed by atoms with Crippen LogP contribution in [0.1, 0.15) is 33.6 Å². The maximum absolute atomic E-state index is 12.5. The van der Waals surface area contributed by atoms with Crippen molar-refractivity contribution in [1.82, 2.24) is 9.38 Å². The molecular weight excluding hydrogens is 398 g/mol. The number of anilines is 1. The molecule has 4 rings (SSSR count). The maximum atomic E-state index is 12.5. The molecule has 2 N–H and O–H groups in total. The van der Waals surface area contributed by atoms with Gasteiger partial charge in [0.2, 0.25) is 5.91 Å². The van der Waals surface area contributed by atoms with E-state index >= 15 is 0 Å². The van der Waals surface area contributed by atoms with E-state index in [1.165, 1.54) is 0 Å². The highest BCUT2D eigenvalue weighted by Gasteiger charge is 2.49. The summed E-state index contributed by atoms with van der Waals surface area (Å²) in [6, 6.07) is 9.66. The third kappa shape index (κ3) is 4.04. The van der Waals surface area contributed by atoms with E-state index in [-0.39, 0.29) is 17.3 Å². The second-order valence-corrected chi connectivity index (χ2v) is 10.6. The molecule has 0 saturated heterocycles. The number of ether oxygens (including phenoxy) is 1. The van der Waals surface area contributed by atoms with Crippen molar-refractivity contribution in [3.63, 3.8) is 0 Å². The van der Waals surface area contributed by atoms with Crippen LogP contribution in [0, 0.1) is 5.41 Å². The van der Waals surface area contributed by atoms with Crippen LogP contribution in [0.3, 0.4) is 0 Å². The molecule has 1 aliphatic rings. The lowest BCUT2D eigenvalue weighted by Crippen LogP contribution is -2.27. The van der Waals surface area contributed by atoms with Crippen molar-refractivity contribution >= 4 is 29.0 Å². The Balaban J connectivity index is 1.69. The van der Waals surface area contributed by atoms with Gasteiger partial charge in [-0.1, -0.05) is 32.9 Å². The molecule has 6 nitrogen and oxygen atoms in total. The highest BCUT2D eigenvalue weighted by molar-refractivity contribution is 8.00. The standard InChI is InChI=1S/C23H27N3O3S/c1-22(2,3)30-19-13-26-17(12-24-20(26)11-18(19)29-4)15-6-5-7-16(10-15)25-21(28)23(14-27)8-9-23/h5-7,10-13,27H,8-9,14H2,1-4H3,(H,25,28). The van der Waals surface area contributed by atoms with Gasteiger partial charge in [0.15, 0.2) is 0 Å². The number of aliphatic hydroxyl groups excluding tert-OH is 1. The zero-order chi connectivity index (χ0) is 21.5. The Morgan fingerprint density at radius 2 is 2.10 bits per heavy atom. The number of rotatable bonds is 6. The summed E-state index contributed by atoms with van der Waals surface area (Å²) in [5, 5.41) is 12.4. The summed E-state index contributed by atoms with van der Waals surface area (Å²) in [6.07, 6.45) is 5.36. The first-order valence-corrected chi connectivity index (χ1v) is 10.8. The molecule has 3 aromatic rings. The van der Waals surface area contributed by atoms with Gasteiger partial charge in [0.1, 0.15) is 11.4 Å². The van der Waals surface area contributed by atoms with Crippen molar-refractivity contribution in [2.45, 2.75) is 43.3 Å². The topological polar surface area (TPSA) is 75.9 Å². The fourth-order valence-electron chi connectivity index (χ4n) is 3.39. The Morgan fingerprint density at radius 1 is 1.33 bits per heavy atom. The first kappa shape index (κ1) is 20.8. The number of thioether (sulfide) groups is 1. The van der Waals surface area contributed by atoms with Gasteiger partial charge in [0.05, 0.1) is 35.9 Å². The minimum absolute atomic E-state index is 0.0391. The number of methoxy groups -OCH3 is 1. The quantitative estimate of drug-likeness (QED) is 0.564. The number of benzene rings is 1. The van der Waals surface area contributed by atoms with Gasteiger partial charge in [0, 0.05) is 28.3 Å². The van der Waals surface area contributed by atoms with Crippen LogP contribution in [0.5, 0.6) is 5.75 Å². The zero-order valence-electron chi connectivity index (χ0n) is 17.7. The minimum atomic E-state index is -0.602. The summed E-state index contributed by atoms with van der Waals surface area (Å²) >= 11 is 1.74. The molecule has 0 aliphatic heterocycles. The van der Waals surface area contributed by atoms with Gasteiger partial charge in [-0.25, -0.2) is 4.98 Å². The lowest BCUT2D eigenvalue weighted by molar-refractivity contribution is -0.122. The molecule has 0 radical (unpaired) electrons. The summed E-state index contributed by atoms with van der Waals surface area (Å²) in [5.41, 5.74) is 2.79. The lowest BCUT2D eigenvalue weighted by atomic mass is 10.1. The summed E-state index contributed by atoms with van der Waals surface area (Å²) in [4.78, 5) is 18.1. The van der Waals surface area contributed by atoms with Gasteiger partial charge >= 0.3 is 0 Å². The lowest BCUT2D eigenvalue weighted by Gasteiger charge is -2.20. The van der Waals surface area contributed by atoms with Crippen LogP contribution in [-0.4, -0.2) is 38.9 Å². The molecule has 7 heteroatoms. The third-order valence-corrected chi connectivity index (χ3v) is 6.40.